The topological polar surface area (TPSA) is 43.4 Å². The molecule has 24 heavy (non-hydrogen) atoms. The van der Waals surface area contributed by atoms with Crippen LogP contribution in [0.5, 0.6) is 11.5 Å². The summed E-state index contributed by atoms with van der Waals surface area (Å²) >= 11 is 0. The number of hydrogen-bond donors (Lipinski definition) is 1. The molecule has 1 fully saturated rings. The predicted molar refractivity (Wildman–Crippen MR) is 93.8 cm³/mol. The molecule has 4 heteroatoms. The largest absolute Gasteiger partial charge is 0.493 e. The van der Waals surface area contributed by atoms with Crippen LogP contribution < -0.4 is 14.8 Å². The number of hydrogen-bond acceptors (Lipinski definition) is 4. The maximum atomic E-state index is 5.90. The van der Waals surface area contributed by atoms with Gasteiger partial charge in [-0.2, -0.15) is 0 Å². The third-order valence-corrected chi connectivity index (χ3v) is 4.84. The zero-order valence-electron chi connectivity index (χ0n) is 14.0. The molecule has 0 saturated carbocycles. The van der Waals surface area contributed by atoms with E-state index in [1.807, 2.05) is 12.4 Å². The average Bonchev–Trinajstić information content (AvgIpc) is 3.29. The molecule has 2 aliphatic heterocycles. The van der Waals surface area contributed by atoms with Gasteiger partial charge in [-0.1, -0.05) is 12.1 Å². The summed E-state index contributed by atoms with van der Waals surface area (Å²) in [7, 11) is 0. The van der Waals surface area contributed by atoms with Crippen molar-refractivity contribution in [3.8, 4) is 11.5 Å². The SMILES string of the molecule is c1cc2c(cc1CCc1cncc(OC[C@@H]3CCCN3)c1)CCO2. The third kappa shape index (κ3) is 3.70. The van der Waals surface area contributed by atoms with Crippen molar-refractivity contribution in [3.63, 3.8) is 0 Å². The van der Waals surface area contributed by atoms with Crippen molar-refractivity contribution >= 4 is 0 Å². The molecule has 0 spiro atoms. The van der Waals surface area contributed by atoms with Gasteiger partial charge < -0.3 is 14.8 Å². The van der Waals surface area contributed by atoms with Crippen molar-refractivity contribution in [1.29, 1.82) is 0 Å². The third-order valence-electron chi connectivity index (χ3n) is 4.84. The fourth-order valence-electron chi connectivity index (χ4n) is 3.46. The summed E-state index contributed by atoms with van der Waals surface area (Å²) in [4.78, 5) is 4.33. The van der Waals surface area contributed by atoms with Crippen molar-refractivity contribution in [1.82, 2.24) is 10.3 Å². The van der Waals surface area contributed by atoms with Crippen molar-refractivity contribution in [3.05, 3.63) is 53.3 Å². The van der Waals surface area contributed by atoms with E-state index in [0.717, 1.165) is 50.5 Å². The Morgan fingerprint density at radius 2 is 2.12 bits per heavy atom. The molecule has 0 radical (unpaired) electrons. The fourth-order valence-corrected chi connectivity index (χ4v) is 3.46. The molecule has 1 atom stereocenters. The molecular weight excluding hydrogens is 300 g/mol. The normalized spacial score (nSPS) is 19.1. The molecule has 0 amide bonds. The number of aromatic nitrogens is 1. The quantitative estimate of drug-likeness (QED) is 0.887. The van der Waals surface area contributed by atoms with E-state index >= 15 is 0 Å². The molecule has 2 aromatic rings. The minimum Gasteiger partial charge on any atom is -0.493 e. The number of ether oxygens (including phenoxy) is 2. The lowest BCUT2D eigenvalue weighted by molar-refractivity contribution is 0.276. The summed E-state index contributed by atoms with van der Waals surface area (Å²) in [5.41, 5.74) is 3.93. The Hall–Kier alpha value is -2.07. The van der Waals surface area contributed by atoms with Gasteiger partial charge >= 0.3 is 0 Å². The van der Waals surface area contributed by atoms with Gasteiger partial charge in [0.1, 0.15) is 18.1 Å². The van der Waals surface area contributed by atoms with E-state index in [1.165, 1.54) is 29.5 Å². The zero-order chi connectivity index (χ0) is 16.2. The number of pyridine rings is 1. The van der Waals surface area contributed by atoms with Gasteiger partial charge in [0.25, 0.3) is 0 Å². The standard InChI is InChI=1S/C20H24N2O2/c1-2-18(22-8-1)14-24-19-11-16(12-21-13-19)4-3-15-5-6-20-17(10-15)7-9-23-20/h5-6,10-13,18,22H,1-4,7-9,14H2/t18-/m0/s1. The van der Waals surface area contributed by atoms with Crippen molar-refractivity contribution in [2.24, 2.45) is 0 Å². The zero-order valence-corrected chi connectivity index (χ0v) is 14.0. The Morgan fingerprint density at radius 1 is 1.17 bits per heavy atom. The molecule has 0 aliphatic carbocycles. The highest BCUT2D eigenvalue weighted by atomic mass is 16.5. The summed E-state index contributed by atoms with van der Waals surface area (Å²) in [6, 6.07) is 9.16. The number of fused-ring (bicyclic) bond motifs is 1. The lowest BCUT2D eigenvalue weighted by atomic mass is 10.0. The number of rotatable bonds is 6. The van der Waals surface area contributed by atoms with Crippen molar-refractivity contribution in [2.45, 2.75) is 38.1 Å². The first-order valence-electron chi connectivity index (χ1n) is 8.91. The lowest BCUT2D eigenvalue weighted by Gasteiger charge is -2.12. The minimum absolute atomic E-state index is 0.488. The van der Waals surface area contributed by atoms with Gasteiger partial charge in [-0.3, -0.25) is 4.98 Å². The van der Waals surface area contributed by atoms with E-state index in [2.05, 4.69) is 34.6 Å². The maximum absolute atomic E-state index is 5.90. The van der Waals surface area contributed by atoms with Crippen LogP contribution in [0.3, 0.4) is 0 Å². The molecule has 3 heterocycles. The average molecular weight is 324 g/mol. The second-order valence-corrected chi connectivity index (χ2v) is 6.67. The Balaban J connectivity index is 1.33. The molecule has 0 bridgehead atoms. The lowest BCUT2D eigenvalue weighted by Crippen LogP contribution is -2.28. The Morgan fingerprint density at radius 3 is 3.04 bits per heavy atom. The predicted octanol–water partition coefficient (Wildman–Crippen LogP) is 2.93. The highest BCUT2D eigenvalue weighted by molar-refractivity contribution is 5.40. The van der Waals surface area contributed by atoms with Crippen LogP contribution in [0, 0.1) is 0 Å². The van der Waals surface area contributed by atoms with E-state index in [1.54, 1.807) is 0 Å². The molecule has 1 saturated heterocycles. The van der Waals surface area contributed by atoms with E-state index < -0.39 is 0 Å². The molecule has 1 aromatic carbocycles. The number of nitrogens with zero attached hydrogens (tertiary/aromatic N) is 1. The fraction of sp³-hybridized carbons (Fsp3) is 0.450. The van der Waals surface area contributed by atoms with Crippen LogP contribution >= 0.6 is 0 Å². The van der Waals surface area contributed by atoms with Gasteiger partial charge in [-0.25, -0.2) is 0 Å². The second-order valence-electron chi connectivity index (χ2n) is 6.67. The van der Waals surface area contributed by atoms with Gasteiger partial charge in [-0.05, 0) is 61.1 Å². The van der Waals surface area contributed by atoms with Crippen LogP contribution in [0.1, 0.15) is 29.5 Å². The Bertz CT molecular complexity index is 696. The highest BCUT2D eigenvalue weighted by Gasteiger charge is 2.15. The first-order chi connectivity index (χ1) is 11.9. The monoisotopic (exact) mass is 324 g/mol. The smallest absolute Gasteiger partial charge is 0.137 e. The number of aryl methyl sites for hydroxylation is 2. The molecule has 2 aliphatic rings. The number of nitrogens with one attached hydrogen (secondary N) is 1. The Labute approximate surface area is 143 Å². The van der Waals surface area contributed by atoms with Crippen LogP contribution in [0.15, 0.2) is 36.7 Å². The van der Waals surface area contributed by atoms with E-state index in [-0.39, 0.29) is 0 Å². The van der Waals surface area contributed by atoms with Gasteiger partial charge in [0.05, 0.1) is 12.8 Å². The van der Waals surface area contributed by atoms with Gasteiger partial charge in [-0.15, -0.1) is 0 Å². The molecule has 1 aromatic heterocycles. The minimum atomic E-state index is 0.488. The second kappa shape index (κ2) is 7.22. The number of benzene rings is 1. The molecule has 0 unspecified atom stereocenters. The Kier molecular flexibility index (Phi) is 4.65. The van der Waals surface area contributed by atoms with E-state index in [0.29, 0.717) is 6.04 Å². The van der Waals surface area contributed by atoms with Crippen LogP contribution in [0.25, 0.3) is 0 Å². The summed E-state index contributed by atoms with van der Waals surface area (Å²) in [5, 5.41) is 3.45. The van der Waals surface area contributed by atoms with Crippen LogP contribution in [0.2, 0.25) is 0 Å². The first-order valence-corrected chi connectivity index (χ1v) is 8.91. The molecule has 4 nitrogen and oxygen atoms in total. The van der Waals surface area contributed by atoms with Crippen molar-refractivity contribution < 1.29 is 9.47 Å². The van der Waals surface area contributed by atoms with Gasteiger partial charge in [0.15, 0.2) is 0 Å². The van der Waals surface area contributed by atoms with Gasteiger partial charge in [0.2, 0.25) is 0 Å². The van der Waals surface area contributed by atoms with E-state index in [9.17, 15) is 0 Å². The molecular formula is C20H24N2O2. The summed E-state index contributed by atoms with van der Waals surface area (Å²) in [5.74, 6) is 1.93. The summed E-state index contributed by atoms with van der Waals surface area (Å²) < 4.78 is 11.5. The van der Waals surface area contributed by atoms with Gasteiger partial charge in [0, 0.05) is 18.7 Å². The molecule has 1 N–H and O–H groups in total. The van der Waals surface area contributed by atoms with Crippen LogP contribution in [0.4, 0.5) is 0 Å². The highest BCUT2D eigenvalue weighted by Crippen LogP contribution is 2.26. The first kappa shape index (κ1) is 15.5. The van der Waals surface area contributed by atoms with Crippen LogP contribution in [-0.4, -0.2) is 30.8 Å². The summed E-state index contributed by atoms with van der Waals surface area (Å²) in [6.07, 6.45) is 9.23. The van der Waals surface area contributed by atoms with Crippen molar-refractivity contribution in [2.75, 3.05) is 19.8 Å². The summed E-state index contributed by atoms with van der Waals surface area (Å²) in [6.45, 7) is 2.66. The molecule has 4 rings (SSSR count). The molecule has 126 valence electrons. The van der Waals surface area contributed by atoms with Crippen LogP contribution in [-0.2, 0) is 19.3 Å². The van der Waals surface area contributed by atoms with E-state index in [4.69, 9.17) is 9.47 Å². The maximum Gasteiger partial charge on any atom is 0.137 e.